The quantitative estimate of drug-likeness (QED) is 0.725. The molecule has 0 bridgehead atoms. The van der Waals surface area contributed by atoms with Crippen molar-refractivity contribution < 1.29 is 4.74 Å². The molecule has 24 heavy (non-hydrogen) atoms. The largest absolute Gasteiger partial charge is 0.497 e. The van der Waals surface area contributed by atoms with Crippen LogP contribution in [0.15, 0.2) is 48.8 Å². The normalized spacial score (nSPS) is 15.0. The van der Waals surface area contributed by atoms with Crippen molar-refractivity contribution in [2.75, 3.05) is 25.1 Å². The number of anilines is 1. The van der Waals surface area contributed by atoms with Gasteiger partial charge in [-0.25, -0.2) is 4.98 Å². The first kappa shape index (κ1) is 15.1. The zero-order valence-corrected chi connectivity index (χ0v) is 14.1. The minimum absolute atomic E-state index is 0.823. The molecule has 4 rings (SSSR count). The van der Waals surface area contributed by atoms with Crippen LogP contribution in [0.1, 0.15) is 24.8 Å². The lowest BCUT2D eigenvalue weighted by Gasteiger charge is -2.28. The number of fused-ring (bicyclic) bond motifs is 1. The first-order valence-electron chi connectivity index (χ1n) is 8.66. The first-order chi connectivity index (χ1) is 11.8. The Kier molecular flexibility index (Phi) is 4.11. The Morgan fingerprint density at radius 3 is 2.54 bits per heavy atom. The average Bonchev–Trinajstić information content (AvgIpc) is 3.05. The molecule has 0 N–H and O–H groups in total. The van der Waals surface area contributed by atoms with Gasteiger partial charge in [-0.05, 0) is 55.2 Å². The summed E-state index contributed by atoms with van der Waals surface area (Å²) in [7, 11) is 1.69. The second-order valence-electron chi connectivity index (χ2n) is 6.44. The average molecular weight is 321 g/mol. The molecule has 2 aromatic carbocycles. The van der Waals surface area contributed by atoms with E-state index in [1.807, 2.05) is 18.5 Å². The zero-order chi connectivity index (χ0) is 16.4. The minimum atomic E-state index is 0.823. The Labute approximate surface area is 142 Å². The summed E-state index contributed by atoms with van der Waals surface area (Å²) in [6.07, 6.45) is 5.89. The number of imidazole rings is 1. The van der Waals surface area contributed by atoms with Crippen LogP contribution in [0.25, 0.3) is 11.0 Å². The molecule has 0 amide bonds. The number of ether oxygens (including phenoxy) is 1. The fourth-order valence-electron chi connectivity index (χ4n) is 3.45. The highest BCUT2D eigenvalue weighted by Crippen LogP contribution is 2.25. The molecule has 4 heteroatoms. The second kappa shape index (κ2) is 6.56. The van der Waals surface area contributed by atoms with E-state index in [1.54, 1.807) is 7.11 Å². The van der Waals surface area contributed by atoms with E-state index >= 15 is 0 Å². The van der Waals surface area contributed by atoms with Gasteiger partial charge in [0.2, 0.25) is 0 Å². The molecule has 0 unspecified atom stereocenters. The number of nitrogens with zero attached hydrogens (tertiary/aromatic N) is 3. The number of piperidine rings is 1. The van der Waals surface area contributed by atoms with E-state index in [4.69, 9.17) is 4.74 Å². The van der Waals surface area contributed by atoms with Gasteiger partial charge in [0.25, 0.3) is 0 Å². The molecule has 4 nitrogen and oxygen atoms in total. The molecule has 1 fully saturated rings. The van der Waals surface area contributed by atoms with Gasteiger partial charge in [0.05, 0.1) is 24.5 Å². The molecule has 124 valence electrons. The molecule has 0 atom stereocenters. The Morgan fingerprint density at radius 1 is 1.00 bits per heavy atom. The summed E-state index contributed by atoms with van der Waals surface area (Å²) >= 11 is 0. The third-order valence-electron chi connectivity index (χ3n) is 4.84. The van der Waals surface area contributed by atoms with Crippen molar-refractivity contribution in [1.82, 2.24) is 9.55 Å². The lowest BCUT2D eigenvalue weighted by molar-refractivity contribution is 0.414. The maximum Gasteiger partial charge on any atom is 0.118 e. The van der Waals surface area contributed by atoms with Crippen LogP contribution in [0, 0.1) is 0 Å². The molecule has 0 aliphatic carbocycles. The fraction of sp³-hybridized carbons (Fsp3) is 0.350. The number of hydrogen-bond donors (Lipinski definition) is 0. The Morgan fingerprint density at radius 2 is 1.79 bits per heavy atom. The van der Waals surface area contributed by atoms with Crippen LogP contribution in [0.5, 0.6) is 5.75 Å². The molecule has 1 saturated heterocycles. The van der Waals surface area contributed by atoms with E-state index in [0.717, 1.165) is 30.9 Å². The highest BCUT2D eigenvalue weighted by molar-refractivity contribution is 5.80. The molecule has 1 aromatic heterocycles. The number of benzene rings is 2. The summed E-state index contributed by atoms with van der Waals surface area (Å²) in [5, 5.41) is 0. The molecule has 1 aliphatic heterocycles. The predicted octanol–water partition coefficient (Wildman–Crippen LogP) is 4.08. The van der Waals surface area contributed by atoms with Crippen molar-refractivity contribution in [1.29, 1.82) is 0 Å². The topological polar surface area (TPSA) is 30.3 Å². The van der Waals surface area contributed by atoms with Crippen molar-refractivity contribution in [3.8, 4) is 5.75 Å². The van der Waals surface area contributed by atoms with E-state index in [9.17, 15) is 0 Å². The van der Waals surface area contributed by atoms with Crippen LogP contribution >= 0.6 is 0 Å². The zero-order valence-electron chi connectivity index (χ0n) is 14.1. The maximum atomic E-state index is 5.22. The molecule has 3 aromatic rings. The van der Waals surface area contributed by atoms with Crippen molar-refractivity contribution in [2.24, 2.45) is 0 Å². The van der Waals surface area contributed by atoms with Crippen LogP contribution in [-0.4, -0.2) is 29.8 Å². The number of methoxy groups -OCH3 is 1. The molecule has 0 spiro atoms. The summed E-state index contributed by atoms with van der Waals surface area (Å²) < 4.78 is 7.43. The van der Waals surface area contributed by atoms with Gasteiger partial charge in [-0.2, -0.15) is 0 Å². The van der Waals surface area contributed by atoms with E-state index in [2.05, 4.69) is 44.8 Å². The van der Waals surface area contributed by atoms with Crippen molar-refractivity contribution >= 4 is 16.7 Å². The standard InChI is InChI=1S/C20H23N3O/c1-24-18-8-5-16(6-9-18)14-23-15-21-19-13-17(7-10-20(19)23)22-11-3-2-4-12-22/h5-10,13,15H,2-4,11-12,14H2,1H3. The minimum Gasteiger partial charge on any atom is -0.497 e. The van der Waals surface area contributed by atoms with Crippen molar-refractivity contribution in [3.05, 3.63) is 54.4 Å². The van der Waals surface area contributed by atoms with Gasteiger partial charge >= 0.3 is 0 Å². The van der Waals surface area contributed by atoms with Crippen LogP contribution in [0.4, 0.5) is 5.69 Å². The SMILES string of the molecule is COc1ccc(Cn2cnc3cc(N4CCCCC4)ccc32)cc1. The molecule has 0 radical (unpaired) electrons. The van der Waals surface area contributed by atoms with Gasteiger partial charge < -0.3 is 14.2 Å². The van der Waals surface area contributed by atoms with Gasteiger partial charge in [0.15, 0.2) is 0 Å². The van der Waals surface area contributed by atoms with Gasteiger partial charge in [0, 0.05) is 25.3 Å². The first-order valence-corrected chi connectivity index (χ1v) is 8.66. The lowest BCUT2D eigenvalue weighted by atomic mass is 10.1. The van der Waals surface area contributed by atoms with Crippen molar-refractivity contribution in [3.63, 3.8) is 0 Å². The molecular formula is C20H23N3O. The maximum absolute atomic E-state index is 5.22. The third-order valence-corrected chi connectivity index (χ3v) is 4.84. The van der Waals surface area contributed by atoms with Gasteiger partial charge in [-0.3, -0.25) is 0 Å². The van der Waals surface area contributed by atoms with E-state index in [0.29, 0.717) is 0 Å². The van der Waals surface area contributed by atoms with Crippen LogP contribution in [0.2, 0.25) is 0 Å². The molecule has 1 aliphatic rings. The molecule has 0 saturated carbocycles. The van der Waals surface area contributed by atoms with E-state index in [-0.39, 0.29) is 0 Å². The second-order valence-corrected chi connectivity index (χ2v) is 6.44. The van der Waals surface area contributed by atoms with Crippen LogP contribution in [-0.2, 0) is 6.54 Å². The highest BCUT2D eigenvalue weighted by atomic mass is 16.5. The molecular weight excluding hydrogens is 298 g/mol. The van der Waals surface area contributed by atoms with Gasteiger partial charge in [-0.1, -0.05) is 12.1 Å². The fourth-order valence-corrected chi connectivity index (χ4v) is 3.45. The smallest absolute Gasteiger partial charge is 0.118 e. The van der Waals surface area contributed by atoms with Crippen LogP contribution < -0.4 is 9.64 Å². The molecule has 2 heterocycles. The summed E-state index contributed by atoms with van der Waals surface area (Å²) in [4.78, 5) is 7.09. The van der Waals surface area contributed by atoms with Gasteiger partial charge in [0.1, 0.15) is 5.75 Å². The lowest BCUT2D eigenvalue weighted by Crippen LogP contribution is -2.29. The number of rotatable bonds is 4. The van der Waals surface area contributed by atoms with E-state index in [1.165, 1.54) is 36.0 Å². The number of hydrogen-bond acceptors (Lipinski definition) is 3. The summed E-state index contributed by atoms with van der Waals surface area (Å²) in [6.45, 7) is 3.15. The Balaban J connectivity index is 1.57. The van der Waals surface area contributed by atoms with Crippen molar-refractivity contribution in [2.45, 2.75) is 25.8 Å². The monoisotopic (exact) mass is 321 g/mol. The predicted molar refractivity (Wildman–Crippen MR) is 97.9 cm³/mol. The Hall–Kier alpha value is -2.49. The highest BCUT2D eigenvalue weighted by Gasteiger charge is 2.12. The Bertz CT molecular complexity index is 817. The summed E-state index contributed by atoms with van der Waals surface area (Å²) in [5.74, 6) is 0.889. The number of aromatic nitrogens is 2. The summed E-state index contributed by atoms with van der Waals surface area (Å²) in [5.41, 5.74) is 4.81. The third kappa shape index (κ3) is 2.96. The van der Waals surface area contributed by atoms with E-state index < -0.39 is 0 Å². The van der Waals surface area contributed by atoms with Crippen LogP contribution in [0.3, 0.4) is 0 Å². The van der Waals surface area contributed by atoms with Gasteiger partial charge in [-0.15, -0.1) is 0 Å². The summed E-state index contributed by atoms with van der Waals surface area (Å²) in [6, 6.07) is 14.9.